The zero-order valence-corrected chi connectivity index (χ0v) is 26.6. The van der Waals surface area contributed by atoms with Crippen molar-refractivity contribution < 1.29 is 22.7 Å². The number of anilines is 1. The Balaban J connectivity index is 2.02. The number of carbonyl (C=O) groups excluding carboxylic acids is 2. The molecule has 0 saturated carbocycles. The molecule has 0 spiro atoms. The average Bonchev–Trinajstić information content (AvgIpc) is 2.93. The molecular formula is C29H33Br2N3O5S. The van der Waals surface area contributed by atoms with Crippen LogP contribution >= 0.6 is 31.9 Å². The smallest absolute Gasteiger partial charge is 0.264 e. The van der Waals surface area contributed by atoms with Gasteiger partial charge in [-0.15, -0.1) is 0 Å². The second-order valence-electron chi connectivity index (χ2n) is 9.01. The van der Waals surface area contributed by atoms with Crippen LogP contribution in [0.3, 0.4) is 0 Å². The van der Waals surface area contributed by atoms with E-state index in [2.05, 4.69) is 37.2 Å². The molecule has 0 bridgehead atoms. The Bertz CT molecular complexity index is 1400. The van der Waals surface area contributed by atoms with Crippen LogP contribution in [0.5, 0.6) is 5.75 Å². The summed E-state index contributed by atoms with van der Waals surface area (Å²) < 4.78 is 35.9. The van der Waals surface area contributed by atoms with Crippen molar-refractivity contribution in [3.8, 4) is 5.75 Å². The van der Waals surface area contributed by atoms with Gasteiger partial charge in [0.1, 0.15) is 18.3 Å². The Hall–Kier alpha value is -2.89. The Morgan fingerprint density at radius 2 is 1.62 bits per heavy atom. The summed E-state index contributed by atoms with van der Waals surface area (Å²) in [6.45, 7) is 5.98. The summed E-state index contributed by atoms with van der Waals surface area (Å²) in [4.78, 5) is 28.3. The largest absolute Gasteiger partial charge is 0.494 e. The first kappa shape index (κ1) is 31.6. The highest BCUT2D eigenvalue weighted by Crippen LogP contribution is 2.27. The third kappa shape index (κ3) is 8.31. The third-order valence-electron chi connectivity index (χ3n) is 6.07. The first-order chi connectivity index (χ1) is 19.1. The molecule has 1 atom stereocenters. The maximum Gasteiger partial charge on any atom is 0.264 e. The third-order valence-corrected chi connectivity index (χ3v) is 8.88. The molecular weight excluding hydrogens is 662 g/mol. The lowest BCUT2D eigenvalue weighted by atomic mass is 10.1. The lowest BCUT2D eigenvalue weighted by Gasteiger charge is -2.32. The molecule has 0 aromatic heterocycles. The molecule has 40 heavy (non-hydrogen) atoms. The van der Waals surface area contributed by atoms with Crippen molar-refractivity contribution in [2.45, 2.75) is 44.7 Å². The predicted molar refractivity (Wildman–Crippen MR) is 164 cm³/mol. The van der Waals surface area contributed by atoms with Crippen LogP contribution in [0.25, 0.3) is 0 Å². The lowest BCUT2D eigenvalue weighted by molar-refractivity contribution is -0.139. The standard InChI is InChI=1S/C29H33Br2N3O5S/c1-4-17-32-29(36)21(3)33(19-22-7-6-8-24(31)18-22)28(35)20-34(25-11-13-26(14-12-25)39-5-2)40(37,38)27-15-9-23(30)10-16-27/h6-16,18,21H,4-5,17,19-20H2,1-3H3,(H,32,36). The summed E-state index contributed by atoms with van der Waals surface area (Å²) in [5.41, 5.74) is 1.09. The van der Waals surface area contributed by atoms with Gasteiger partial charge in [-0.3, -0.25) is 13.9 Å². The van der Waals surface area contributed by atoms with E-state index in [4.69, 9.17) is 4.74 Å². The van der Waals surface area contributed by atoms with Crippen molar-refractivity contribution in [2.24, 2.45) is 0 Å². The minimum absolute atomic E-state index is 0.0321. The van der Waals surface area contributed by atoms with Crippen molar-refractivity contribution in [2.75, 3.05) is 24.0 Å². The topological polar surface area (TPSA) is 96.0 Å². The molecule has 0 aliphatic carbocycles. The molecule has 1 N–H and O–H groups in total. The number of nitrogens with one attached hydrogen (secondary N) is 1. The maximum atomic E-state index is 13.9. The summed E-state index contributed by atoms with van der Waals surface area (Å²) in [6.07, 6.45) is 0.745. The Morgan fingerprint density at radius 3 is 2.23 bits per heavy atom. The molecule has 3 rings (SSSR count). The molecule has 214 valence electrons. The van der Waals surface area contributed by atoms with Crippen LogP contribution in [0.4, 0.5) is 5.69 Å². The van der Waals surface area contributed by atoms with E-state index in [1.54, 1.807) is 43.3 Å². The summed E-state index contributed by atoms with van der Waals surface area (Å²) in [6, 6.07) is 19.3. The lowest BCUT2D eigenvalue weighted by Crippen LogP contribution is -2.51. The fourth-order valence-corrected chi connectivity index (χ4v) is 6.07. The summed E-state index contributed by atoms with van der Waals surface area (Å²) in [5, 5.41) is 2.84. The number of sulfonamides is 1. The SMILES string of the molecule is CCCNC(=O)C(C)N(Cc1cccc(Br)c1)C(=O)CN(c1ccc(OCC)cc1)S(=O)(=O)c1ccc(Br)cc1. The molecule has 0 saturated heterocycles. The van der Waals surface area contributed by atoms with E-state index in [0.29, 0.717) is 24.6 Å². The van der Waals surface area contributed by atoms with E-state index in [9.17, 15) is 18.0 Å². The zero-order chi connectivity index (χ0) is 29.3. The Kier molecular flexibility index (Phi) is 11.6. The molecule has 2 amide bonds. The number of hydrogen-bond donors (Lipinski definition) is 1. The highest BCUT2D eigenvalue weighted by atomic mass is 79.9. The van der Waals surface area contributed by atoms with Gasteiger partial charge in [-0.1, -0.05) is 50.9 Å². The average molecular weight is 695 g/mol. The number of benzene rings is 3. The minimum atomic E-state index is -4.15. The van der Waals surface area contributed by atoms with Gasteiger partial charge in [0.15, 0.2) is 0 Å². The molecule has 1 unspecified atom stereocenters. The number of rotatable bonds is 13. The second kappa shape index (κ2) is 14.7. The molecule has 0 aliphatic rings. The fourth-order valence-electron chi connectivity index (χ4n) is 3.95. The number of nitrogens with zero attached hydrogens (tertiary/aromatic N) is 2. The van der Waals surface area contributed by atoms with Gasteiger partial charge in [0.05, 0.1) is 17.2 Å². The van der Waals surface area contributed by atoms with Gasteiger partial charge in [-0.25, -0.2) is 8.42 Å². The fraction of sp³-hybridized carbons (Fsp3) is 0.310. The van der Waals surface area contributed by atoms with E-state index in [1.807, 2.05) is 38.1 Å². The van der Waals surface area contributed by atoms with Crippen LogP contribution in [0.1, 0.15) is 32.8 Å². The molecule has 0 aliphatic heterocycles. The number of ether oxygens (including phenoxy) is 1. The molecule has 0 fully saturated rings. The van der Waals surface area contributed by atoms with Gasteiger partial charge in [-0.2, -0.15) is 0 Å². The van der Waals surface area contributed by atoms with Crippen molar-refractivity contribution in [3.63, 3.8) is 0 Å². The van der Waals surface area contributed by atoms with E-state index >= 15 is 0 Å². The van der Waals surface area contributed by atoms with Gasteiger partial charge < -0.3 is 15.0 Å². The Morgan fingerprint density at radius 1 is 0.950 bits per heavy atom. The first-order valence-electron chi connectivity index (χ1n) is 12.9. The van der Waals surface area contributed by atoms with Crippen molar-refractivity contribution >= 4 is 59.4 Å². The monoisotopic (exact) mass is 693 g/mol. The molecule has 8 nitrogen and oxygen atoms in total. The minimum Gasteiger partial charge on any atom is -0.494 e. The number of halogens is 2. The van der Waals surface area contributed by atoms with Gasteiger partial charge >= 0.3 is 0 Å². The highest BCUT2D eigenvalue weighted by molar-refractivity contribution is 9.10. The molecule has 0 radical (unpaired) electrons. The zero-order valence-electron chi connectivity index (χ0n) is 22.6. The normalized spacial score (nSPS) is 11.9. The van der Waals surface area contributed by atoms with E-state index < -0.39 is 28.5 Å². The highest BCUT2D eigenvalue weighted by Gasteiger charge is 2.32. The number of hydrogen-bond acceptors (Lipinski definition) is 5. The first-order valence-corrected chi connectivity index (χ1v) is 15.9. The van der Waals surface area contributed by atoms with Crippen LogP contribution < -0.4 is 14.4 Å². The second-order valence-corrected chi connectivity index (χ2v) is 12.7. The molecule has 3 aromatic rings. The Labute approximate surface area is 253 Å². The molecule has 11 heteroatoms. The predicted octanol–water partition coefficient (Wildman–Crippen LogP) is 5.75. The summed E-state index contributed by atoms with van der Waals surface area (Å²) in [7, 11) is -4.15. The van der Waals surface area contributed by atoms with Crippen LogP contribution in [-0.2, 0) is 26.2 Å². The summed E-state index contributed by atoms with van der Waals surface area (Å²) >= 11 is 6.79. The molecule has 3 aromatic carbocycles. The summed E-state index contributed by atoms with van der Waals surface area (Å²) in [5.74, 6) is -0.252. The van der Waals surface area contributed by atoms with Crippen molar-refractivity contribution in [1.82, 2.24) is 10.2 Å². The van der Waals surface area contributed by atoms with E-state index in [0.717, 1.165) is 25.2 Å². The molecule has 0 heterocycles. The number of amides is 2. The quantitative estimate of drug-likeness (QED) is 0.246. The van der Waals surface area contributed by atoms with Gasteiger partial charge in [0.2, 0.25) is 11.8 Å². The van der Waals surface area contributed by atoms with Crippen LogP contribution in [-0.4, -0.2) is 50.9 Å². The van der Waals surface area contributed by atoms with Crippen LogP contribution in [0.15, 0.2) is 86.6 Å². The van der Waals surface area contributed by atoms with Crippen molar-refractivity contribution in [1.29, 1.82) is 0 Å². The van der Waals surface area contributed by atoms with E-state index in [1.165, 1.54) is 17.0 Å². The van der Waals surface area contributed by atoms with Gasteiger partial charge in [0.25, 0.3) is 10.0 Å². The maximum absolute atomic E-state index is 13.9. The van der Waals surface area contributed by atoms with Crippen LogP contribution in [0.2, 0.25) is 0 Å². The van der Waals surface area contributed by atoms with Crippen molar-refractivity contribution in [3.05, 3.63) is 87.3 Å². The van der Waals surface area contributed by atoms with Gasteiger partial charge in [-0.05, 0) is 86.5 Å². The van der Waals surface area contributed by atoms with Crippen LogP contribution in [0, 0.1) is 0 Å². The van der Waals surface area contributed by atoms with E-state index in [-0.39, 0.29) is 17.3 Å². The van der Waals surface area contributed by atoms with Gasteiger partial charge in [0, 0.05) is 22.0 Å². The number of carbonyl (C=O) groups is 2.